The number of hydrogen-bond acceptors (Lipinski definition) is 7. The lowest BCUT2D eigenvalue weighted by Gasteiger charge is -2.12. The molecule has 0 aromatic carbocycles. The molecule has 0 radical (unpaired) electrons. The minimum absolute atomic E-state index is 0.0961. The first-order chi connectivity index (χ1) is 12.7. The van der Waals surface area contributed by atoms with Gasteiger partial charge in [0.15, 0.2) is 6.10 Å². The molecule has 2 aromatic heterocycles. The van der Waals surface area contributed by atoms with Crippen LogP contribution in [0.15, 0.2) is 18.5 Å². The molecule has 0 spiro atoms. The van der Waals surface area contributed by atoms with E-state index in [9.17, 15) is 14.4 Å². The van der Waals surface area contributed by atoms with Gasteiger partial charge in [-0.2, -0.15) is 0 Å². The van der Waals surface area contributed by atoms with E-state index in [1.807, 2.05) is 0 Å². The van der Waals surface area contributed by atoms with E-state index < -0.39 is 23.9 Å². The Hall–Kier alpha value is -3.23. The number of H-pyrrole nitrogens is 1. The molecule has 2 rings (SSSR count). The first kappa shape index (κ1) is 20.1. The topological polar surface area (TPSA) is 123 Å². The lowest BCUT2D eigenvalue weighted by Crippen LogP contribution is -2.30. The summed E-state index contributed by atoms with van der Waals surface area (Å²) >= 11 is 0. The van der Waals surface area contributed by atoms with Crippen molar-refractivity contribution in [3.8, 4) is 0 Å². The fourth-order valence-electron chi connectivity index (χ4n) is 2.38. The number of ether oxygens (including phenoxy) is 2. The van der Waals surface area contributed by atoms with Crippen LogP contribution < -0.4 is 5.32 Å². The Morgan fingerprint density at radius 1 is 1.04 bits per heavy atom. The average molecular weight is 374 g/mol. The molecule has 2 N–H and O–H groups in total. The van der Waals surface area contributed by atoms with Crippen molar-refractivity contribution in [3.63, 3.8) is 0 Å². The summed E-state index contributed by atoms with van der Waals surface area (Å²) in [6.07, 6.45) is 1.57. The summed E-state index contributed by atoms with van der Waals surface area (Å²) in [6.45, 7) is 8.17. The molecular weight excluding hydrogens is 352 g/mol. The van der Waals surface area contributed by atoms with Crippen LogP contribution in [0.3, 0.4) is 0 Å². The number of carbonyl (C=O) groups excluding carboxylic acids is 3. The molecule has 0 aliphatic rings. The minimum Gasteiger partial charge on any atom is -0.459 e. The Morgan fingerprint density at radius 3 is 2.26 bits per heavy atom. The van der Waals surface area contributed by atoms with Crippen LogP contribution in [0.1, 0.15) is 52.9 Å². The van der Waals surface area contributed by atoms with Crippen molar-refractivity contribution in [2.24, 2.45) is 0 Å². The highest BCUT2D eigenvalue weighted by Crippen LogP contribution is 2.21. The summed E-state index contributed by atoms with van der Waals surface area (Å²) in [7, 11) is 0. The Morgan fingerprint density at radius 2 is 1.67 bits per heavy atom. The molecule has 0 aliphatic carbocycles. The van der Waals surface area contributed by atoms with E-state index in [1.165, 1.54) is 19.3 Å². The normalized spacial score (nSPS) is 11.8. The third-order valence-corrected chi connectivity index (χ3v) is 3.64. The number of aromatic amines is 1. The van der Waals surface area contributed by atoms with Crippen LogP contribution in [0.5, 0.6) is 0 Å². The van der Waals surface area contributed by atoms with E-state index in [0.717, 1.165) is 0 Å². The third-order valence-electron chi connectivity index (χ3n) is 3.64. The average Bonchev–Trinajstić information content (AvgIpc) is 2.89. The molecule has 0 fully saturated rings. The van der Waals surface area contributed by atoms with Gasteiger partial charge >= 0.3 is 11.9 Å². The number of esters is 2. The van der Waals surface area contributed by atoms with Crippen molar-refractivity contribution in [1.29, 1.82) is 0 Å². The molecule has 0 aliphatic heterocycles. The molecule has 144 valence electrons. The lowest BCUT2D eigenvalue weighted by molar-refractivity contribution is -0.123. The lowest BCUT2D eigenvalue weighted by atomic mass is 10.1. The molecule has 1 amide bonds. The van der Waals surface area contributed by atoms with Crippen molar-refractivity contribution in [2.45, 2.75) is 46.8 Å². The fourth-order valence-corrected chi connectivity index (χ4v) is 2.38. The van der Waals surface area contributed by atoms with Gasteiger partial charge in [0, 0.05) is 18.1 Å². The smallest absolute Gasteiger partial charge is 0.355 e. The molecule has 1 atom stereocenters. The maximum atomic E-state index is 12.4. The number of carbonyl (C=O) groups is 3. The Kier molecular flexibility index (Phi) is 6.27. The SMILES string of the molecule is Cc1[nH]c(C(=O)OC(C)C(=O)Nc2ncccn2)c(C)c1C(=O)OC(C)C. The molecule has 27 heavy (non-hydrogen) atoms. The van der Waals surface area contributed by atoms with Crippen LogP contribution in [0.25, 0.3) is 0 Å². The summed E-state index contributed by atoms with van der Waals surface area (Å²) in [5.74, 6) is -1.75. The number of nitrogens with one attached hydrogen (secondary N) is 2. The monoisotopic (exact) mass is 374 g/mol. The second kappa shape index (κ2) is 8.43. The highest BCUT2D eigenvalue weighted by Gasteiger charge is 2.27. The summed E-state index contributed by atoms with van der Waals surface area (Å²) in [4.78, 5) is 47.3. The Balaban J connectivity index is 2.09. The summed E-state index contributed by atoms with van der Waals surface area (Å²) in [5, 5.41) is 2.45. The first-order valence-corrected chi connectivity index (χ1v) is 8.39. The molecule has 9 nitrogen and oxygen atoms in total. The second-order valence-corrected chi connectivity index (χ2v) is 6.19. The van der Waals surface area contributed by atoms with Gasteiger partial charge in [-0.15, -0.1) is 0 Å². The highest BCUT2D eigenvalue weighted by atomic mass is 16.6. The van der Waals surface area contributed by atoms with Gasteiger partial charge in [0.05, 0.1) is 11.7 Å². The third kappa shape index (κ3) is 4.90. The van der Waals surface area contributed by atoms with E-state index in [2.05, 4.69) is 20.3 Å². The molecule has 0 saturated heterocycles. The van der Waals surface area contributed by atoms with E-state index in [4.69, 9.17) is 9.47 Å². The largest absolute Gasteiger partial charge is 0.459 e. The van der Waals surface area contributed by atoms with E-state index in [-0.39, 0.29) is 23.3 Å². The summed E-state index contributed by atoms with van der Waals surface area (Å²) in [6, 6.07) is 1.61. The van der Waals surface area contributed by atoms with Crippen LogP contribution in [0.4, 0.5) is 5.95 Å². The minimum atomic E-state index is -1.09. The van der Waals surface area contributed by atoms with Crippen molar-refractivity contribution >= 4 is 23.8 Å². The van der Waals surface area contributed by atoms with E-state index >= 15 is 0 Å². The Bertz CT molecular complexity index is 845. The van der Waals surface area contributed by atoms with Crippen LogP contribution in [-0.4, -0.2) is 45.0 Å². The standard InChI is InChI=1S/C18H22N4O5/c1-9(2)26-16(24)13-10(3)14(21-11(13)4)17(25)27-12(5)15(23)22-18-19-7-6-8-20-18/h6-9,12,21H,1-5H3,(H,19,20,22,23). The van der Waals surface area contributed by atoms with Crippen molar-refractivity contribution in [3.05, 3.63) is 41.0 Å². The first-order valence-electron chi connectivity index (χ1n) is 8.39. The number of hydrogen-bond donors (Lipinski definition) is 2. The fraction of sp³-hybridized carbons (Fsp3) is 0.389. The van der Waals surface area contributed by atoms with Gasteiger partial charge in [0.25, 0.3) is 5.91 Å². The molecule has 0 saturated carbocycles. The van der Waals surface area contributed by atoms with Gasteiger partial charge in [-0.25, -0.2) is 19.6 Å². The maximum Gasteiger partial charge on any atom is 0.355 e. The van der Waals surface area contributed by atoms with Gasteiger partial charge in [-0.3, -0.25) is 10.1 Å². The molecular formula is C18H22N4O5. The molecule has 2 aromatic rings. The number of aromatic nitrogens is 3. The molecule has 2 heterocycles. The van der Waals surface area contributed by atoms with Gasteiger partial charge in [-0.1, -0.05) is 0 Å². The van der Waals surface area contributed by atoms with Gasteiger partial charge in [-0.05, 0) is 46.2 Å². The predicted octanol–water partition coefficient (Wildman–Crippen LogP) is 2.17. The van der Waals surface area contributed by atoms with Gasteiger partial charge in [0.2, 0.25) is 5.95 Å². The number of anilines is 1. The van der Waals surface area contributed by atoms with Gasteiger partial charge in [0.1, 0.15) is 5.69 Å². The van der Waals surface area contributed by atoms with Crippen LogP contribution in [0.2, 0.25) is 0 Å². The van der Waals surface area contributed by atoms with Crippen LogP contribution in [0, 0.1) is 13.8 Å². The number of aryl methyl sites for hydroxylation is 1. The van der Waals surface area contributed by atoms with Crippen molar-refractivity contribution in [2.75, 3.05) is 5.32 Å². The van der Waals surface area contributed by atoms with Crippen molar-refractivity contribution < 1.29 is 23.9 Å². The number of nitrogens with zero attached hydrogens (tertiary/aromatic N) is 2. The zero-order valence-electron chi connectivity index (χ0n) is 15.8. The summed E-state index contributed by atoms with van der Waals surface area (Å²) in [5.41, 5.74) is 1.27. The van der Waals surface area contributed by atoms with Crippen molar-refractivity contribution in [1.82, 2.24) is 15.0 Å². The highest BCUT2D eigenvalue weighted by molar-refractivity contribution is 6.00. The zero-order chi connectivity index (χ0) is 20.1. The molecule has 9 heteroatoms. The second-order valence-electron chi connectivity index (χ2n) is 6.19. The maximum absolute atomic E-state index is 12.4. The predicted molar refractivity (Wildman–Crippen MR) is 96.4 cm³/mol. The number of amides is 1. The van der Waals surface area contributed by atoms with E-state index in [1.54, 1.807) is 33.8 Å². The number of rotatable bonds is 6. The molecule has 0 bridgehead atoms. The van der Waals surface area contributed by atoms with Crippen LogP contribution in [-0.2, 0) is 14.3 Å². The quantitative estimate of drug-likeness (QED) is 0.743. The molecule has 1 unspecified atom stereocenters. The zero-order valence-corrected chi connectivity index (χ0v) is 15.8. The van der Waals surface area contributed by atoms with Crippen LogP contribution >= 0.6 is 0 Å². The van der Waals surface area contributed by atoms with E-state index in [0.29, 0.717) is 11.3 Å². The Labute approximate surface area is 156 Å². The van der Waals surface area contributed by atoms with Gasteiger partial charge < -0.3 is 14.5 Å². The summed E-state index contributed by atoms with van der Waals surface area (Å²) < 4.78 is 10.4.